The Bertz CT molecular complexity index is 161. The summed E-state index contributed by atoms with van der Waals surface area (Å²) < 4.78 is 3.69. The van der Waals surface area contributed by atoms with Gasteiger partial charge in [-0.3, -0.25) is 10.1 Å². The summed E-state index contributed by atoms with van der Waals surface area (Å²) in [4.78, 5) is 13.4. The molecule has 0 spiro atoms. The lowest BCUT2D eigenvalue weighted by Gasteiger charge is -1.81. The molecule has 1 aromatic heterocycles. The van der Waals surface area contributed by atoms with Crippen molar-refractivity contribution in [2.24, 2.45) is 0 Å². The average molecular weight is 129 g/mol. The van der Waals surface area contributed by atoms with Crippen LogP contribution >= 0.6 is 11.5 Å². The van der Waals surface area contributed by atoms with Crippen LogP contribution in [-0.2, 0) is 4.79 Å². The lowest BCUT2D eigenvalue weighted by Crippen LogP contribution is -1.94. The van der Waals surface area contributed by atoms with E-state index in [1.165, 1.54) is 11.5 Å². The van der Waals surface area contributed by atoms with E-state index in [2.05, 4.69) is 14.7 Å². The molecule has 1 rings (SSSR count). The molecule has 0 unspecified atom stereocenters. The average Bonchev–Trinajstić information content (AvgIpc) is 2.19. The minimum absolute atomic E-state index is 0.366. The molecule has 0 radical (unpaired) electrons. The molecule has 0 fully saturated rings. The van der Waals surface area contributed by atoms with Crippen LogP contribution in [0.5, 0.6) is 0 Å². The maximum atomic E-state index is 9.69. The number of hydrogen-bond donors (Lipinski definition) is 1. The number of nitrogens with zero attached hydrogens (tertiary/aromatic N) is 2. The monoisotopic (exact) mass is 129 g/mol. The minimum Gasteiger partial charge on any atom is -0.296 e. The Morgan fingerprint density at radius 1 is 1.88 bits per heavy atom. The van der Waals surface area contributed by atoms with Crippen molar-refractivity contribution < 1.29 is 4.79 Å². The smallest absolute Gasteiger partial charge is 0.240 e. The summed E-state index contributed by atoms with van der Waals surface area (Å²) in [6.45, 7) is 0. The highest BCUT2D eigenvalue weighted by molar-refractivity contribution is 7.03. The molecule has 4 nitrogen and oxygen atoms in total. The summed E-state index contributed by atoms with van der Waals surface area (Å²) in [7, 11) is 0. The largest absolute Gasteiger partial charge is 0.296 e. The van der Waals surface area contributed by atoms with E-state index < -0.39 is 0 Å². The number of carbonyl (C=O) groups is 1. The van der Waals surface area contributed by atoms with Gasteiger partial charge < -0.3 is 0 Å². The van der Waals surface area contributed by atoms with E-state index in [1.54, 1.807) is 5.51 Å². The van der Waals surface area contributed by atoms with Gasteiger partial charge >= 0.3 is 0 Å². The molecule has 0 aromatic carbocycles. The summed E-state index contributed by atoms with van der Waals surface area (Å²) in [6, 6.07) is 0. The zero-order valence-corrected chi connectivity index (χ0v) is 4.68. The number of hydrogen-bond acceptors (Lipinski definition) is 4. The molecule has 0 aliphatic heterocycles. The highest BCUT2D eigenvalue weighted by Crippen LogP contribution is 1.96. The summed E-state index contributed by atoms with van der Waals surface area (Å²) in [5.41, 5.74) is 1.55. The molecule has 0 aliphatic carbocycles. The fourth-order valence-corrected chi connectivity index (χ4v) is 0.681. The Kier molecular flexibility index (Phi) is 1.53. The van der Waals surface area contributed by atoms with Crippen LogP contribution in [0.15, 0.2) is 5.51 Å². The van der Waals surface area contributed by atoms with Gasteiger partial charge in [0.1, 0.15) is 5.51 Å². The molecule has 0 saturated heterocycles. The first-order valence-corrected chi connectivity index (χ1v) is 2.73. The molecule has 0 bridgehead atoms. The minimum atomic E-state index is 0.366. The summed E-state index contributed by atoms with van der Waals surface area (Å²) in [5.74, 6) is 0.366. The molecular formula is C3H3N3OS. The fourth-order valence-electron chi connectivity index (χ4n) is 0.287. The van der Waals surface area contributed by atoms with Crippen LogP contribution in [0.4, 0.5) is 5.95 Å². The first-order chi connectivity index (χ1) is 3.93. The molecule has 5 heteroatoms. The van der Waals surface area contributed by atoms with Crippen molar-refractivity contribution in [1.82, 2.24) is 9.36 Å². The van der Waals surface area contributed by atoms with Crippen LogP contribution in [0, 0.1) is 0 Å². The number of rotatable bonds is 2. The van der Waals surface area contributed by atoms with Crippen LogP contribution < -0.4 is 5.32 Å². The van der Waals surface area contributed by atoms with Gasteiger partial charge in [0.15, 0.2) is 0 Å². The van der Waals surface area contributed by atoms with Crippen molar-refractivity contribution in [2.75, 3.05) is 5.32 Å². The highest BCUT2D eigenvalue weighted by atomic mass is 32.1. The van der Waals surface area contributed by atoms with Gasteiger partial charge in [-0.15, -0.1) is 0 Å². The third-order valence-corrected chi connectivity index (χ3v) is 1.03. The molecule has 0 atom stereocenters. The SMILES string of the molecule is O=CNc1ncsn1. The molecule has 1 aromatic rings. The molecule has 0 saturated carbocycles. The van der Waals surface area contributed by atoms with Crippen molar-refractivity contribution in [2.45, 2.75) is 0 Å². The van der Waals surface area contributed by atoms with Crippen LogP contribution in [0.2, 0.25) is 0 Å². The first-order valence-electron chi connectivity index (χ1n) is 1.90. The van der Waals surface area contributed by atoms with Crippen molar-refractivity contribution in [3.05, 3.63) is 5.51 Å². The second-order valence-electron chi connectivity index (χ2n) is 1.02. The third-order valence-electron chi connectivity index (χ3n) is 0.549. The first kappa shape index (κ1) is 5.17. The summed E-state index contributed by atoms with van der Waals surface area (Å²) >= 11 is 1.20. The number of nitrogens with one attached hydrogen (secondary N) is 1. The van der Waals surface area contributed by atoms with E-state index in [-0.39, 0.29) is 0 Å². The Morgan fingerprint density at radius 2 is 2.75 bits per heavy atom. The van der Waals surface area contributed by atoms with Gasteiger partial charge in [0.2, 0.25) is 12.4 Å². The fraction of sp³-hybridized carbons (Fsp3) is 0. The zero-order valence-electron chi connectivity index (χ0n) is 3.87. The van der Waals surface area contributed by atoms with Crippen LogP contribution in [0.3, 0.4) is 0 Å². The Labute approximate surface area is 49.7 Å². The molecular weight excluding hydrogens is 126 g/mol. The predicted molar refractivity (Wildman–Crippen MR) is 29.6 cm³/mol. The highest BCUT2D eigenvalue weighted by Gasteiger charge is 1.88. The third kappa shape index (κ3) is 1.00. The van der Waals surface area contributed by atoms with Crippen molar-refractivity contribution in [1.29, 1.82) is 0 Å². The predicted octanol–water partition coefficient (Wildman–Crippen LogP) is 0.106. The second-order valence-corrected chi connectivity index (χ2v) is 1.62. The van der Waals surface area contributed by atoms with Crippen LogP contribution in [-0.4, -0.2) is 15.8 Å². The Morgan fingerprint density at radius 3 is 3.25 bits per heavy atom. The van der Waals surface area contributed by atoms with Gasteiger partial charge in [-0.25, -0.2) is 4.98 Å². The van der Waals surface area contributed by atoms with E-state index in [1.807, 2.05) is 0 Å². The molecule has 42 valence electrons. The summed E-state index contributed by atoms with van der Waals surface area (Å²) in [6.07, 6.45) is 0.544. The summed E-state index contributed by atoms with van der Waals surface area (Å²) in [5, 5.41) is 2.30. The molecule has 1 heterocycles. The van der Waals surface area contributed by atoms with Gasteiger partial charge in [0.05, 0.1) is 0 Å². The maximum absolute atomic E-state index is 9.69. The number of aromatic nitrogens is 2. The van der Waals surface area contributed by atoms with Gasteiger partial charge in [-0.05, 0) is 11.5 Å². The second kappa shape index (κ2) is 2.37. The lowest BCUT2D eigenvalue weighted by molar-refractivity contribution is -0.105. The molecule has 1 amide bonds. The van der Waals surface area contributed by atoms with Crippen molar-refractivity contribution in [3.8, 4) is 0 Å². The Hall–Kier alpha value is -0.970. The maximum Gasteiger partial charge on any atom is 0.240 e. The number of carbonyl (C=O) groups excluding carboxylic acids is 1. The van der Waals surface area contributed by atoms with Gasteiger partial charge in [0, 0.05) is 0 Å². The van der Waals surface area contributed by atoms with Gasteiger partial charge in [0.25, 0.3) is 0 Å². The molecule has 1 N–H and O–H groups in total. The van der Waals surface area contributed by atoms with Crippen LogP contribution in [0.1, 0.15) is 0 Å². The van der Waals surface area contributed by atoms with E-state index in [0.29, 0.717) is 12.4 Å². The molecule has 8 heavy (non-hydrogen) atoms. The van der Waals surface area contributed by atoms with Crippen LogP contribution in [0.25, 0.3) is 0 Å². The standard InChI is InChI=1S/C3H3N3OS/c7-1-4-3-5-2-8-6-3/h1-2H,(H,4,6,7). The Balaban J connectivity index is 2.62. The topological polar surface area (TPSA) is 54.9 Å². The van der Waals surface area contributed by atoms with Gasteiger partial charge in [-0.1, -0.05) is 0 Å². The van der Waals surface area contributed by atoms with Crippen molar-refractivity contribution in [3.63, 3.8) is 0 Å². The lowest BCUT2D eigenvalue weighted by atomic mass is 11.0. The van der Waals surface area contributed by atoms with E-state index >= 15 is 0 Å². The normalized spacial score (nSPS) is 8.50. The van der Waals surface area contributed by atoms with Gasteiger partial charge in [-0.2, -0.15) is 4.37 Å². The van der Waals surface area contributed by atoms with E-state index in [9.17, 15) is 4.79 Å². The number of amides is 1. The van der Waals surface area contributed by atoms with E-state index in [4.69, 9.17) is 0 Å². The zero-order chi connectivity index (χ0) is 5.82. The van der Waals surface area contributed by atoms with Crippen molar-refractivity contribution >= 4 is 23.9 Å². The quantitative estimate of drug-likeness (QED) is 0.576. The number of anilines is 1. The molecule has 0 aliphatic rings. The van der Waals surface area contributed by atoms with E-state index in [0.717, 1.165) is 0 Å².